The van der Waals surface area contributed by atoms with E-state index >= 15 is 0 Å². The van der Waals surface area contributed by atoms with Crippen LogP contribution in [0.4, 0.5) is 0 Å². The lowest BCUT2D eigenvalue weighted by molar-refractivity contribution is 0.393. The van der Waals surface area contributed by atoms with Gasteiger partial charge in [-0.2, -0.15) is 4.98 Å². The summed E-state index contributed by atoms with van der Waals surface area (Å²) in [7, 11) is 0. The number of piperidine rings is 1. The first-order chi connectivity index (χ1) is 9.55. The van der Waals surface area contributed by atoms with Crippen molar-refractivity contribution in [2.75, 3.05) is 13.1 Å². The van der Waals surface area contributed by atoms with E-state index in [9.17, 15) is 0 Å². The molecule has 1 fully saturated rings. The van der Waals surface area contributed by atoms with Crippen molar-refractivity contribution in [2.24, 2.45) is 0 Å². The topological polar surface area (TPSA) is 76.7 Å². The van der Waals surface area contributed by atoms with Crippen LogP contribution in [-0.4, -0.2) is 32.8 Å². The van der Waals surface area contributed by atoms with Crippen molar-refractivity contribution >= 4 is 11.5 Å². The minimum absolute atomic E-state index is 0.0800. The highest BCUT2D eigenvalue weighted by atomic mass is 32.1. The van der Waals surface area contributed by atoms with Gasteiger partial charge in [0.2, 0.25) is 0 Å². The molecule has 2 aromatic rings. The third-order valence-electron chi connectivity index (χ3n) is 3.50. The molecule has 1 aliphatic heterocycles. The van der Waals surface area contributed by atoms with Gasteiger partial charge in [-0.05, 0) is 30.9 Å². The molecule has 0 aliphatic carbocycles. The summed E-state index contributed by atoms with van der Waals surface area (Å²) in [5.74, 6) is 1.69. The van der Waals surface area contributed by atoms with Crippen molar-refractivity contribution < 1.29 is 4.52 Å². The predicted octanol–water partition coefficient (Wildman–Crippen LogP) is 2.35. The Morgan fingerprint density at radius 1 is 1.35 bits per heavy atom. The van der Waals surface area contributed by atoms with Gasteiger partial charge in [0.25, 0.3) is 5.89 Å². The van der Waals surface area contributed by atoms with Crippen LogP contribution < -0.4 is 5.32 Å². The van der Waals surface area contributed by atoms with Crippen LogP contribution in [0.1, 0.15) is 51.0 Å². The molecule has 1 aliphatic rings. The summed E-state index contributed by atoms with van der Waals surface area (Å²) in [6.45, 7) is 8.32. The molecule has 1 saturated heterocycles. The summed E-state index contributed by atoms with van der Waals surface area (Å²) in [5.41, 5.74) is 0.836. The van der Waals surface area contributed by atoms with E-state index < -0.39 is 0 Å². The minimum Gasteiger partial charge on any atom is -0.333 e. The highest BCUT2D eigenvalue weighted by Crippen LogP contribution is 2.33. The standard InChI is InChI=1S/C13H19N5OS/c1-13(2,3)10-9(20-18-16-10)12-15-11(17-19-12)8-5-4-6-14-7-8/h8,14H,4-7H2,1-3H3. The van der Waals surface area contributed by atoms with Crippen molar-refractivity contribution in [1.29, 1.82) is 0 Å². The predicted molar refractivity (Wildman–Crippen MR) is 76.7 cm³/mol. The number of hydrogen-bond acceptors (Lipinski definition) is 7. The second-order valence-corrected chi connectivity index (χ2v) is 6.96. The van der Waals surface area contributed by atoms with Crippen LogP contribution in [-0.2, 0) is 5.41 Å². The smallest absolute Gasteiger partial charge is 0.271 e. The zero-order valence-corrected chi connectivity index (χ0v) is 12.8. The fourth-order valence-electron chi connectivity index (χ4n) is 2.39. The molecule has 0 saturated carbocycles. The lowest BCUT2D eigenvalue weighted by Crippen LogP contribution is -2.28. The van der Waals surface area contributed by atoms with E-state index in [-0.39, 0.29) is 5.41 Å². The van der Waals surface area contributed by atoms with Gasteiger partial charge in [-0.25, -0.2) is 0 Å². The van der Waals surface area contributed by atoms with Gasteiger partial charge in [0.15, 0.2) is 5.82 Å². The molecule has 0 amide bonds. The Balaban J connectivity index is 1.88. The van der Waals surface area contributed by atoms with Gasteiger partial charge >= 0.3 is 0 Å². The van der Waals surface area contributed by atoms with E-state index in [0.717, 1.165) is 42.3 Å². The van der Waals surface area contributed by atoms with Crippen molar-refractivity contribution in [3.63, 3.8) is 0 Å². The number of nitrogens with zero attached hydrogens (tertiary/aromatic N) is 4. The van der Waals surface area contributed by atoms with Crippen molar-refractivity contribution in [2.45, 2.75) is 44.9 Å². The van der Waals surface area contributed by atoms with Gasteiger partial charge in [0, 0.05) is 17.9 Å². The van der Waals surface area contributed by atoms with E-state index in [1.807, 2.05) is 0 Å². The second-order valence-electron chi connectivity index (χ2n) is 6.20. The van der Waals surface area contributed by atoms with E-state index in [2.05, 4.69) is 45.8 Å². The lowest BCUT2D eigenvalue weighted by Gasteiger charge is -2.19. The molecule has 6 nitrogen and oxygen atoms in total. The minimum atomic E-state index is -0.0800. The molecule has 0 spiro atoms. The molecule has 108 valence electrons. The number of aromatic nitrogens is 4. The summed E-state index contributed by atoms with van der Waals surface area (Å²) < 4.78 is 9.48. The van der Waals surface area contributed by atoms with Crippen LogP contribution in [0.2, 0.25) is 0 Å². The fourth-order valence-corrected chi connectivity index (χ4v) is 3.19. The average molecular weight is 293 g/mol. The number of nitrogens with one attached hydrogen (secondary N) is 1. The summed E-state index contributed by atoms with van der Waals surface area (Å²) in [5, 5.41) is 11.7. The Kier molecular flexibility index (Phi) is 3.55. The molecule has 2 aromatic heterocycles. The zero-order chi connectivity index (χ0) is 14.2. The van der Waals surface area contributed by atoms with Gasteiger partial charge < -0.3 is 9.84 Å². The third kappa shape index (κ3) is 2.60. The molecule has 3 heterocycles. The van der Waals surface area contributed by atoms with Crippen LogP contribution in [0.15, 0.2) is 4.52 Å². The van der Waals surface area contributed by atoms with E-state index in [1.165, 1.54) is 11.5 Å². The van der Waals surface area contributed by atoms with Crippen molar-refractivity contribution in [3.05, 3.63) is 11.5 Å². The highest BCUT2D eigenvalue weighted by Gasteiger charge is 2.28. The van der Waals surface area contributed by atoms with Gasteiger partial charge in [-0.1, -0.05) is 30.4 Å². The molecular weight excluding hydrogens is 274 g/mol. The van der Waals surface area contributed by atoms with Gasteiger partial charge in [-0.3, -0.25) is 0 Å². The summed E-state index contributed by atoms with van der Waals surface area (Å²) >= 11 is 1.32. The normalized spacial score (nSPS) is 20.2. The summed E-state index contributed by atoms with van der Waals surface area (Å²) in [4.78, 5) is 5.45. The molecular formula is C13H19N5OS. The monoisotopic (exact) mass is 293 g/mol. The van der Waals surface area contributed by atoms with Crippen LogP contribution >= 0.6 is 11.5 Å². The Bertz CT molecular complexity index is 580. The second kappa shape index (κ2) is 5.21. The summed E-state index contributed by atoms with van der Waals surface area (Å²) in [6.07, 6.45) is 2.27. The third-order valence-corrected chi connectivity index (χ3v) is 4.21. The van der Waals surface area contributed by atoms with E-state index in [1.54, 1.807) is 0 Å². The van der Waals surface area contributed by atoms with E-state index in [4.69, 9.17) is 4.52 Å². The maximum Gasteiger partial charge on any atom is 0.271 e. The van der Waals surface area contributed by atoms with Crippen LogP contribution in [0.25, 0.3) is 10.8 Å². The Labute approximate surface area is 122 Å². The maximum atomic E-state index is 5.44. The lowest BCUT2D eigenvalue weighted by atomic mass is 9.91. The number of rotatable bonds is 2. The quantitative estimate of drug-likeness (QED) is 0.916. The first kappa shape index (κ1) is 13.6. The highest BCUT2D eigenvalue weighted by molar-refractivity contribution is 7.09. The average Bonchev–Trinajstić information content (AvgIpc) is 3.08. The molecule has 0 aromatic carbocycles. The first-order valence-electron chi connectivity index (χ1n) is 6.93. The van der Waals surface area contributed by atoms with Gasteiger partial charge in [0.05, 0.1) is 5.69 Å². The fraction of sp³-hybridized carbons (Fsp3) is 0.692. The molecule has 0 radical (unpaired) electrons. The maximum absolute atomic E-state index is 5.44. The van der Waals surface area contributed by atoms with E-state index in [0.29, 0.717) is 11.8 Å². The van der Waals surface area contributed by atoms with Crippen LogP contribution in [0.3, 0.4) is 0 Å². The first-order valence-corrected chi connectivity index (χ1v) is 7.70. The Hall–Kier alpha value is -1.34. The zero-order valence-electron chi connectivity index (χ0n) is 12.0. The Morgan fingerprint density at radius 2 is 2.20 bits per heavy atom. The molecule has 1 atom stereocenters. The van der Waals surface area contributed by atoms with Gasteiger partial charge in [0.1, 0.15) is 4.88 Å². The van der Waals surface area contributed by atoms with Crippen LogP contribution in [0, 0.1) is 0 Å². The van der Waals surface area contributed by atoms with Crippen molar-refractivity contribution in [3.8, 4) is 10.8 Å². The molecule has 0 bridgehead atoms. The Morgan fingerprint density at radius 3 is 2.90 bits per heavy atom. The molecule has 7 heteroatoms. The number of hydrogen-bond donors (Lipinski definition) is 1. The molecule has 1 unspecified atom stereocenters. The summed E-state index contributed by atoms with van der Waals surface area (Å²) in [6, 6.07) is 0. The van der Waals surface area contributed by atoms with Crippen molar-refractivity contribution in [1.82, 2.24) is 25.0 Å². The molecule has 20 heavy (non-hydrogen) atoms. The largest absolute Gasteiger partial charge is 0.333 e. The van der Waals surface area contributed by atoms with Crippen LogP contribution in [0.5, 0.6) is 0 Å². The SMILES string of the molecule is CC(C)(C)c1nnsc1-c1nc(C2CCCNC2)no1. The molecule has 1 N–H and O–H groups in total. The molecule has 3 rings (SSSR count). The van der Waals surface area contributed by atoms with Gasteiger partial charge in [-0.15, -0.1) is 5.10 Å².